The van der Waals surface area contributed by atoms with Gasteiger partial charge in [0.25, 0.3) is 0 Å². The van der Waals surface area contributed by atoms with Crippen LogP contribution in [0.2, 0.25) is 10.0 Å². The molecule has 0 aliphatic carbocycles. The van der Waals surface area contributed by atoms with E-state index in [4.69, 9.17) is 32.7 Å². The number of amides is 2. The SMILES string of the molecule is CC.CC.CC.CCN1CCN(c2ccc(NCc3cc(N(C)C(=O)Nc4c(Cl)c(OC)cc(OC)c4Cl)ncn3)cc2)CC1. The first-order valence-electron chi connectivity index (χ1n) is 15.6. The Bertz CT molecular complexity index is 1260. The number of likely N-dealkylation sites (N-methyl/N-ethyl adjacent to an activating group) is 1. The molecule has 2 N–H and O–H groups in total. The molecule has 0 saturated carbocycles. The first kappa shape index (κ1) is 39.6. The number of hydrogen-bond acceptors (Lipinski definition) is 8. The number of rotatable bonds is 9. The molecular formula is C33H51Cl2N7O3. The number of hydrogen-bond donors (Lipinski definition) is 2. The Balaban J connectivity index is 0.00000159. The Labute approximate surface area is 280 Å². The standard InChI is InChI=1S/C27H33Cl2N7O3.3C2H6/c1-5-35-10-12-36(13-11-35)20-8-6-18(7-9-20)30-16-19-14-23(32-17-31-19)34(2)27(37)33-26-24(28)21(38-3)15-22(39-4)25(26)29;3*1-2/h6-9,14-15,17,30H,5,10-13,16H2,1-4H3,(H,33,37);3*1-2H3. The van der Waals surface area contributed by atoms with Gasteiger partial charge in [0.15, 0.2) is 0 Å². The van der Waals surface area contributed by atoms with Crippen molar-refractivity contribution in [1.82, 2.24) is 14.9 Å². The lowest BCUT2D eigenvalue weighted by molar-refractivity contribution is 0.258. The summed E-state index contributed by atoms with van der Waals surface area (Å²) in [6, 6.07) is 11.2. The van der Waals surface area contributed by atoms with Gasteiger partial charge in [-0.3, -0.25) is 4.90 Å². The van der Waals surface area contributed by atoms with E-state index >= 15 is 0 Å². The van der Waals surface area contributed by atoms with Gasteiger partial charge in [-0.15, -0.1) is 0 Å². The number of carbonyl (C=O) groups excluding carboxylic acids is 1. The van der Waals surface area contributed by atoms with Crippen LogP contribution >= 0.6 is 23.2 Å². The number of halogens is 2. The first-order valence-corrected chi connectivity index (χ1v) is 16.4. The number of nitrogens with one attached hydrogen (secondary N) is 2. The molecule has 0 atom stereocenters. The molecule has 1 aliphatic heterocycles. The number of carbonyl (C=O) groups is 1. The molecular weight excluding hydrogens is 613 g/mol. The molecule has 3 aromatic rings. The topological polar surface area (TPSA) is 95.1 Å². The summed E-state index contributed by atoms with van der Waals surface area (Å²) in [7, 11) is 4.52. The molecule has 1 aromatic heterocycles. The van der Waals surface area contributed by atoms with E-state index in [1.165, 1.54) is 31.1 Å². The summed E-state index contributed by atoms with van der Waals surface area (Å²) in [6.07, 6.45) is 1.42. The molecule has 2 amide bonds. The fraction of sp³-hybridized carbons (Fsp3) is 0.485. The molecule has 1 aliphatic rings. The average Bonchev–Trinajstić information content (AvgIpc) is 3.12. The summed E-state index contributed by atoms with van der Waals surface area (Å²) in [4.78, 5) is 27.8. The third-order valence-corrected chi connectivity index (χ3v) is 7.44. The number of nitrogens with zero attached hydrogens (tertiary/aromatic N) is 5. The Morgan fingerprint density at radius 2 is 1.44 bits per heavy atom. The molecule has 0 radical (unpaired) electrons. The van der Waals surface area contributed by atoms with Crippen LogP contribution in [0.3, 0.4) is 0 Å². The van der Waals surface area contributed by atoms with Gasteiger partial charge in [-0.2, -0.15) is 0 Å². The van der Waals surface area contributed by atoms with E-state index in [0.717, 1.165) is 44.1 Å². The van der Waals surface area contributed by atoms with Crippen LogP contribution in [0, 0.1) is 0 Å². The Kier molecular flexibility index (Phi) is 18.7. The number of benzene rings is 2. The zero-order valence-corrected chi connectivity index (χ0v) is 30.0. The zero-order valence-electron chi connectivity index (χ0n) is 28.5. The minimum atomic E-state index is -0.498. The molecule has 1 fully saturated rings. The van der Waals surface area contributed by atoms with Crippen LogP contribution in [0.1, 0.15) is 54.2 Å². The van der Waals surface area contributed by atoms with Crippen molar-refractivity contribution in [3.63, 3.8) is 0 Å². The molecule has 1 saturated heterocycles. The van der Waals surface area contributed by atoms with Gasteiger partial charge in [0.2, 0.25) is 0 Å². The summed E-state index contributed by atoms with van der Waals surface area (Å²) in [5, 5.41) is 6.42. The number of methoxy groups -OCH3 is 2. The third-order valence-electron chi connectivity index (χ3n) is 6.69. The highest BCUT2D eigenvalue weighted by Crippen LogP contribution is 2.44. The molecule has 0 spiro atoms. The van der Waals surface area contributed by atoms with Crippen LogP contribution < -0.4 is 29.9 Å². The van der Waals surface area contributed by atoms with Crippen molar-refractivity contribution >= 4 is 52.1 Å². The minimum absolute atomic E-state index is 0.159. The zero-order chi connectivity index (χ0) is 33.9. The minimum Gasteiger partial charge on any atom is -0.495 e. The normalized spacial score (nSPS) is 12.2. The molecule has 2 aromatic carbocycles. The summed E-state index contributed by atoms with van der Waals surface area (Å²) in [6.45, 7) is 20.0. The van der Waals surface area contributed by atoms with Gasteiger partial charge in [-0.1, -0.05) is 71.7 Å². The fourth-order valence-corrected chi connectivity index (χ4v) is 4.86. The van der Waals surface area contributed by atoms with Gasteiger partial charge in [-0.05, 0) is 30.8 Å². The van der Waals surface area contributed by atoms with Gasteiger partial charge >= 0.3 is 6.03 Å². The molecule has 12 heteroatoms. The molecule has 45 heavy (non-hydrogen) atoms. The average molecular weight is 665 g/mol. The van der Waals surface area contributed by atoms with Crippen LogP contribution in [0.5, 0.6) is 11.5 Å². The van der Waals surface area contributed by atoms with E-state index < -0.39 is 6.03 Å². The van der Waals surface area contributed by atoms with E-state index in [0.29, 0.717) is 23.9 Å². The first-order chi connectivity index (χ1) is 21.8. The van der Waals surface area contributed by atoms with E-state index in [9.17, 15) is 4.79 Å². The van der Waals surface area contributed by atoms with E-state index in [1.54, 1.807) is 19.2 Å². The molecule has 250 valence electrons. The maximum Gasteiger partial charge on any atom is 0.327 e. The highest BCUT2D eigenvalue weighted by atomic mass is 35.5. The smallest absolute Gasteiger partial charge is 0.327 e. The van der Waals surface area contributed by atoms with Crippen LogP contribution in [-0.2, 0) is 6.54 Å². The van der Waals surface area contributed by atoms with E-state index in [-0.39, 0.29) is 15.7 Å². The number of urea groups is 1. The maximum atomic E-state index is 13.0. The largest absolute Gasteiger partial charge is 0.495 e. The van der Waals surface area contributed by atoms with E-state index in [1.807, 2.05) is 41.5 Å². The van der Waals surface area contributed by atoms with Crippen molar-refractivity contribution < 1.29 is 14.3 Å². The van der Waals surface area contributed by atoms with Crippen LogP contribution in [-0.4, -0.2) is 74.9 Å². The lowest BCUT2D eigenvalue weighted by Gasteiger charge is -2.35. The summed E-state index contributed by atoms with van der Waals surface area (Å²) in [5.41, 5.74) is 3.10. The predicted octanol–water partition coefficient (Wildman–Crippen LogP) is 8.30. The molecule has 0 unspecified atom stereocenters. The Hall–Kier alpha value is -3.47. The Morgan fingerprint density at radius 3 is 1.96 bits per heavy atom. The molecule has 0 bridgehead atoms. The highest BCUT2D eigenvalue weighted by molar-refractivity contribution is 6.41. The lowest BCUT2D eigenvalue weighted by atomic mass is 10.2. The van der Waals surface area contributed by atoms with Crippen LogP contribution in [0.15, 0.2) is 42.7 Å². The summed E-state index contributed by atoms with van der Waals surface area (Å²) < 4.78 is 10.5. The van der Waals surface area contributed by atoms with Crippen LogP contribution in [0.4, 0.5) is 27.7 Å². The molecule has 2 heterocycles. The van der Waals surface area contributed by atoms with Gasteiger partial charge < -0.3 is 29.9 Å². The second-order valence-electron chi connectivity index (χ2n) is 8.96. The monoisotopic (exact) mass is 663 g/mol. The molecule has 10 nitrogen and oxygen atoms in total. The van der Waals surface area contributed by atoms with Gasteiger partial charge in [0, 0.05) is 56.7 Å². The maximum absolute atomic E-state index is 13.0. The fourth-order valence-electron chi connectivity index (χ4n) is 4.26. The van der Waals surface area contributed by atoms with Gasteiger partial charge in [0.05, 0.1) is 32.1 Å². The number of aromatic nitrogens is 2. The van der Waals surface area contributed by atoms with Crippen molar-refractivity contribution in [1.29, 1.82) is 0 Å². The summed E-state index contributed by atoms with van der Waals surface area (Å²) in [5.74, 6) is 1.04. The second-order valence-corrected chi connectivity index (χ2v) is 9.72. The van der Waals surface area contributed by atoms with Gasteiger partial charge in [-0.25, -0.2) is 14.8 Å². The van der Waals surface area contributed by atoms with Gasteiger partial charge in [0.1, 0.15) is 33.7 Å². The number of ether oxygens (including phenoxy) is 2. The van der Waals surface area contributed by atoms with Crippen LogP contribution in [0.25, 0.3) is 0 Å². The predicted molar refractivity (Wildman–Crippen MR) is 191 cm³/mol. The number of piperazine rings is 1. The van der Waals surface area contributed by atoms with Crippen molar-refractivity contribution in [3.05, 3.63) is 58.5 Å². The second kappa shape index (κ2) is 21.3. The van der Waals surface area contributed by atoms with E-state index in [2.05, 4.69) is 61.6 Å². The van der Waals surface area contributed by atoms with Crippen molar-refractivity contribution in [2.75, 3.05) is 74.4 Å². The van der Waals surface area contributed by atoms with Crippen molar-refractivity contribution in [2.45, 2.75) is 55.0 Å². The lowest BCUT2D eigenvalue weighted by Crippen LogP contribution is -2.46. The van der Waals surface area contributed by atoms with Crippen molar-refractivity contribution in [2.24, 2.45) is 0 Å². The Morgan fingerprint density at radius 1 is 0.889 bits per heavy atom. The van der Waals surface area contributed by atoms with Crippen molar-refractivity contribution in [3.8, 4) is 11.5 Å². The summed E-state index contributed by atoms with van der Waals surface area (Å²) >= 11 is 12.8. The highest BCUT2D eigenvalue weighted by Gasteiger charge is 2.22. The third kappa shape index (κ3) is 11.1. The molecule has 4 rings (SSSR count). The number of anilines is 4. The quantitative estimate of drug-likeness (QED) is 0.236.